The van der Waals surface area contributed by atoms with Gasteiger partial charge in [-0.25, -0.2) is 4.79 Å². The molecule has 0 amide bonds. The number of hydrogen-bond acceptors (Lipinski definition) is 8. The van der Waals surface area contributed by atoms with E-state index in [2.05, 4.69) is 4.74 Å². The van der Waals surface area contributed by atoms with Gasteiger partial charge in [0.15, 0.2) is 18.5 Å². The summed E-state index contributed by atoms with van der Waals surface area (Å²) in [6.45, 7) is 3.89. The second-order valence-electron chi connectivity index (χ2n) is 4.48. The molecule has 1 aliphatic rings. The number of ether oxygens (including phenoxy) is 4. The zero-order valence-corrected chi connectivity index (χ0v) is 11.7. The summed E-state index contributed by atoms with van der Waals surface area (Å²) >= 11 is 0. The summed E-state index contributed by atoms with van der Waals surface area (Å²) in [6.07, 6.45) is -4.92. The smallest absolute Gasteiger partial charge is 0.335 e. The van der Waals surface area contributed by atoms with E-state index >= 15 is 0 Å². The van der Waals surface area contributed by atoms with Crippen LogP contribution in [0.1, 0.15) is 20.8 Å². The summed E-state index contributed by atoms with van der Waals surface area (Å²) in [6, 6.07) is 0. The van der Waals surface area contributed by atoms with Crippen LogP contribution in [-0.4, -0.2) is 54.7 Å². The second kappa shape index (κ2) is 6.67. The largest absolute Gasteiger partial charge is 0.467 e. The predicted octanol–water partition coefficient (Wildman–Crippen LogP) is -0.624. The predicted molar refractivity (Wildman–Crippen MR) is 63.2 cm³/mol. The molecule has 0 radical (unpaired) electrons. The van der Waals surface area contributed by atoms with Gasteiger partial charge in [-0.05, 0) is 0 Å². The third-order valence-electron chi connectivity index (χ3n) is 2.92. The Kier molecular flexibility index (Phi) is 5.46. The van der Waals surface area contributed by atoms with E-state index in [1.165, 1.54) is 14.0 Å². The molecule has 5 atom stereocenters. The van der Waals surface area contributed by atoms with Gasteiger partial charge in [0.2, 0.25) is 0 Å². The highest BCUT2D eigenvalue weighted by molar-refractivity contribution is 5.75. The highest BCUT2D eigenvalue weighted by atomic mass is 16.7. The standard InChI is InChI=1S/C12H18O8/c1-5-8(18-6(2)13)10(19-7(3)14)12(16)20-9(5)11(15)17-4/h5,8-10,12,16H,1-4H3/t5-,8-,9?,10+,12?/m0/s1. The first kappa shape index (κ1) is 16.4. The first-order valence-electron chi connectivity index (χ1n) is 6.03. The molecular formula is C12H18O8. The molecular weight excluding hydrogens is 272 g/mol. The first-order valence-corrected chi connectivity index (χ1v) is 6.03. The summed E-state index contributed by atoms with van der Waals surface area (Å²) in [5.41, 5.74) is 0. The van der Waals surface area contributed by atoms with Gasteiger partial charge in [-0.15, -0.1) is 0 Å². The van der Waals surface area contributed by atoms with Crippen molar-refractivity contribution in [3.8, 4) is 0 Å². The van der Waals surface area contributed by atoms with Crippen molar-refractivity contribution in [3.63, 3.8) is 0 Å². The van der Waals surface area contributed by atoms with E-state index in [0.717, 1.165) is 6.92 Å². The van der Waals surface area contributed by atoms with Crippen LogP contribution in [0, 0.1) is 5.92 Å². The van der Waals surface area contributed by atoms with Crippen LogP contribution in [0.2, 0.25) is 0 Å². The molecule has 20 heavy (non-hydrogen) atoms. The molecule has 114 valence electrons. The van der Waals surface area contributed by atoms with Crippen molar-refractivity contribution in [1.29, 1.82) is 0 Å². The SMILES string of the molecule is COC(=O)C1OC(O)[C@H](OC(C)=O)[C@@H](OC(C)=O)[C@@H]1C. The lowest BCUT2D eigenvalue weighted by Crippen LogP contribution is -2.58. The molecule has 8 nitrogen and oxygen atoms in total. The van der Waals surface area contributed by atoms with E-state index in [0.29, 0.717) is 0 Å². The van der Waals surface area contributed by atoms with Crippen molar-refractivity contribution in [2.75, 3.05) is 7.11 Å². The third-order valence-corrected chi connectivity index (χ3v) is 2.92. The summed E-state index contributed by atoms with van der Waals surface area (Å²) in [5, 5.41) is 9.84. The molecule has 1 N–H and O–H groups in total. The van der Waals surface area contributed by atoms with Gasteiger partial charge in [0.05, 0.1) is 7.11 Å². The lowest BCUT2D eigenvalue weighted by atomic mass is 9.90. The molecule has 0 bridgehead atoms. The molecule has 0 spiro atoms. The summed E-state index contributed by atoms with van der Waals surface area (Å²) in [5.74, 6) is -2.66. The van der Waals surface area contributed by atoms with Crippen LogP contribution in [0.3, 0.4) is 0 Å². The van der Waals surface area contributed by atoms with E-state index in [9.17, 15) is 19.5 Å². The fourth-order valence-electron chi connectivity index (χ4n) is 2.05. The maximum absolute atomic E-state index is 11.6. The minimum atomic E-state index is -1.59. The normalized spacial score (nSPS) is 33.1. The van der Waals surface area contributed by atoms with E-state index in [-0.39, 0.29) is 0 Å². The van der Waals surface area contributed by atoms with Crippen molar-refractivity contribution in [3.05, 3.63) is 0 Å². The molecule has 8 heteroatoms. The molecule has 1 fully saturated rings. The Hall–Kier alpha value is -1.67. The van der Waals surface area contributed by atoms with Crippen LogP contribution in [0.25, 0.3) is 0 Å². The van der Waals surface area contributed by atoms with Crippen molar-refractivity contribution < 1.29 is 38.4 Å². The molecule has 0 aliphatic carbocycles. The second-order valence-corrected chi connectivity index (χ2v) is 4.48. The van der Waals surface area contributed by atoms with Crippen molar-refractivity contribution in [1.82, 2.24) is 0 Å². The minimum Gasteiger partial charge on any atom is -0.467 e. The highest BCUT2D eigenvalue weighted by Gasteiger charge is 2.50. The number of carbonyl (C=O) groups excluding carboxylic acids is 3. The lowest BCUT2D eigenvalue weighted by molar-refractivity contribution is -0.274. The number of methoxy groups -OCH3 is 1. The van der Waals surface area contributed by atoms with Crippen LogP contribution in [0.5, 0.6) is 0 Å². The Labute approximate surface area is 115 Å². The number of aliphatic hydroxyl groups is 1. The Morgan fingerprint density at radius 1 is 1.05 bits per heavy atom. The lowest BCUT2D eigenvalue weighted by Gasteiger charge is -2.41. The maximum Gasteiger partial charge on any atom is 0.335 e. The number of hydrogen-bond donors (Lipinski definition) is 1. The minimum absolute atomic E-state index is 0.628. The number of aliphatic hydroxyl groups excluding tert-OH is 1. The van der Waals surface area contributed by atoms with E-state index < -0.39 is 48.4 Å². The Bertz CT molecular complexity index is 393. The quantitative estimate of drug-likeness (QED) is 0.541. The average Bonchev–Trinajstić information content (AvgIpc) is 2.36. The van der Waals surface area contributed by atoms with E-state index in [4.69, 9.17) is 14.2 Å². The van der Waals surface area contributed by atoms with Crippen LogP contribution < -0.4 is 0 Å². The molecule has 1 saturated heterocycles. The van der Waals surface area contributed by atoms with E-state index in [1.54, 1.807) is 6.92 Å². The summed E-state index contributed by atoms with van der Waals surface area (Å²) < 4.78 is 19.6. The molecule has 0 saturated carbocycles. The topological polar surface area (TPSA) is 108 Å². The van der Waals surface area contributed by atoms with Crippen molar-refractivity contribution >= 4 is 17.9 Å². The van der Waals surface area contributed by atoms with Gasteiger partial charge in [-0.3, -0.25) is 9.59 Å². The van der Waals surface area contributed by atoms with E-state index in [1.807, 2.05) is 0 Å². The van der Waals surface area contributed by atoms with Gasteiger partial charge in [-0.2, -0.15) is 0 Å². The van der Waals surface area contributed by atoms with Gasteiger partial charge >= 0.3 is 17.9 Å². The van der Waals surface area contributed by atoms with Crippen LogP contribution in [0.15, 0.2) is 0 Å². The Morgan fingerprint density at radius 2 is 1.55 bits per heavy atom. The maximum atomic E-state index is 11.6. The summed E-state index contributed by atoms with van der Waals surface area (Å²) in [4.78, 5) is 33.8. The Balaban J connectivity index is 2.99. The Morgan fingerprint density at radius 3 is 2.00 bits per heavy atom. The van der Waals surface area contributed by atoms with Gasteiger partial charge < -0.3 is 24.1 Å². The number of carbonyl (C=O) groups is 3. The monoisotopic (exact) mass is 290 g/mol. The van der Waals surface area contributed by atoms with Gasteiger partial charge in [-0.1, -0.05) is 6.92 Å². The van der Waals surface area contributed by atoms with Crippen molar-refractivity contribution in [2.24, 2.45) is 5.92 Å². The van der Waals surface area contributed by atoms with Crippen molar-refractivity contribution in [2.45, 2.75) is 45.4 Å². The van der Waals surface area contributed by atoms with Crippen LogP contribution in [-0.2, 0) is 33.3 Å². The third kappa shape index (κ3) is 3.67. The van der Waals surface area contributed by atoms with Gasteiger partial charge in [0, 0.05) is 19.8 Å². The van der Waals surface area contributed by atoms with Crippen LogP contribution in [0.4, 0.5) is 0 Å². The zero-order valence-electron chi connectivity index (χ0n) is 11.7. The van der Waals surface area contributed by atoms with Gasteiger partial charge in [0.25, 0.3) is 0 Å². The fourth-order valence-corrected chi connectivity index (χ4v) is 2.05. The molecule has 1 heterocycles. The molecule has 1 aliphatic heterocycles. The molecule has 0 aromatic rings. The zero-order chi connectivity index (χ0) is 15.4. The number of rotatable bonds is 3. The highest BCUT2D eigenvalue weighted by Crippen LogP contribution is 2.30. The first-order chi connectivity index (χ1) is 9.27. The molecule has 1 rings (SSSR count). The summed E-state index contributed by atoms with van der Waals surface area (Å²) in [7, 11) is 1.17. The molecule has 0 aromatic carbocycles. The molecule has 2 unspecified atom stereocenters. The average molecular weight is 290 g/mol. The van der Waals surface area contributed by atoms with Gasteiger partial charge in [0.1, 0.15) is 6.10 Å². The fraction of sp³-hybridized carbons (Fsp3) is 0.750. The number of esters is 3. The van der Waals surface area contributed by atoms with Crippen LogP contribution >= 0.6 is 0 Å². The molecule has 0 aromatic heterocycles.